The van der Waals surface area contributed by atoms with Crippen molar-refractivity contribution in [3.8, 4) is 0 Å². The Bertz CT molecular complexity index is 388. The average Bonchev–Trinajstić information content (AvgIpc) is 2.73. The predicted molar refractivity (Wildman–Crippen MR) is 62.5 cm³/mol. The van der Waals surface area contributed by atoms with Gasteiger partial charge in [-0.1, -0.05) is 11.8 Å². The molecule has 1 aromatic heterocycles. The first kappa shape index (κ1) is 13.7. The Labute approximate surface area is 108 Å². The van der Waals surface area contributed by atoms with Crippen LogP contribution in [0.1, 0.15) is 25.7 Å². The Morgan fingerprint density at radius 2 is 2.33 bits per heavy atom. The van der Waals surface area contributed by atoms with Crippen molar-refractivity contribution in [3.05, 3.63) is 0 Å². The van der Waals surface area contributed by atoms with Gasteiger partial charge in [0.1, 0.15) is 0 Å². The summed E-state index contributed by atoms with van der Waals surface area (Å²) < 4.78 is 28.0. The first-order valence-corrected chi connectivity index (χ1v) is 6.97. The fourth-order valence-corrected chi connectivity index (χ4v) is 3.19. The molecule has 1 atom stereocenters. The van der Waals surface area contributed by atoms with Crippen LogP contribution in [0.4, 0.5) is 8.78 Å². The first-order valence-electron chi connectivity index (χ1n) is 5.98. The largest absolute Gasteiger partial charge is 0.394 e. The lowest BCUT2D eigenvalue weighted by Crippen LogP contribution is -2.27. The molecule has 0 bridgehead atoms. The van der Waals surface area contributed by atoms with Crippen LogP contribution in [0.2, 0.25) is 0 Å². The SMILES string of the molecule is OCCn1nnnc1SCC1CCCC(F)(F)C1. The molecule has 5 nitrogen and oxygen atoms in total. The average molecular weight is 278 g/mol. The lowest BCUT2D eigenvalue weighted by Gasteiger charge is -2.28. The summed E-state index contributed by atoms with van der Waals surface area (Å²) in [6.45, 7) is 0.288. The Balaban J connectivity index is 1.85. The number of nitrogens with zero attached hydrogens (tertiary/aromatic N) is 4. The summed E-state index contributed by atoms with van der Waals surface area (Å²) in [7, 11) is 0. The number of halogens is 2. The topological polar surface area (TPSA) is 63.8 Å². The van der Waals surface area contributed by atoms with Crippen molar-refractivity contribution in [2.45, 2.75) is 43.3 Å². The zero-order valence-electron chi connectivity index (χ0n) is 9.93. The van der Waals surface area contributed by atoms with Gasteiger partial charge in [0, 0.05) is 18.6 Å². The van der Waals surface area contributed by atoms with Crippen LogP contribution >= 0.6 is 11.8 Å². The highest BCUT2D eigenvalue weighted by molar-refractivity contribution is 7.99. The van der Waals surface area contributed by atoms with E-state index in [0.29, 0.717) is 23.9 Å². The summed E-state index contributed by atoms with van der Waals surface area (Å²) in [5.74, 6) is -1.90. The molecule has 0 aromatic carbocycles. The van der Waals surface area contributed by atoms with E-state index in [1.54, 1.807) is 0 Å². The molecular formula is C10H16F2N4OS. The Hall–Kier alpha value is -0.760. The number of rotatable bonds is 5. The van der Waals surface area contributed by atoms with Crippen molar-refractivity contribution in [2.24, 2.45) is 5.92 Å². The third kappa shape index (κ3) is 3.61. The van der Waals surface area contributed by atoms with E-state index in [9.17, 15) is 8.78 Å². The molecular weight excluding hydrogens is 262 g/mol. The molecule has 1 aliphatic carbocycles. The fourth-order valence-electron chi connectivity index (χ4n) is 2.15. The van der Waals surface area contributed by atoms with Crippen molar-refractivity contribution >= 4 is 11.8 Å². The van der Waals surface area contributed by atoms with Crippen LogP contribution < -0.4 is 0 Å². The second kappa shape index (κ2) is 5.92. The van der Waals surface area contributed by atoms with Gasteiger partial charge in [-0.3, -0.25) is 0 Å². The lowest BCUT2D eigenvalue weighted by atomic mass is 9.88. The minimum Gasteiger partial charge on any atom is -0.394 e. The van der Waals surface area contributed by atoms with Gasteiger partial charge in [-0.25, -0.2) is 13.5 Å². The lowest BCUT2D eigenvalue weighted by molar-refractivity contribution is -0.0487. The number of tetrazole rings is 1. The van der Waals surface area contributed by atoms with E-state index in [4.69, 9.17) is 5.11 Å². The molecule has 1 aliphatic rings. The van der Waals surface area contributed by atoms with Gasteiger partial charge in [0.2, 0.25) is 11.1 Å². The fraction of sp³-hybridized carbons (Fsp3) is 0.900. The molecule has 1 unspecified atom stereocenters. The minimum atomic E-state index is -2.51. The Morgan fingerprint density at radius 3 is 3.06 bits per heavy atom. The number of aliphatic hydroxyl groups excluding tert-OH is 1. The molecule has 1 N–H and O–H groups in total. The highest BCUT2D eigenvalue weighted by atomic mass is 32.2. The zero-order valence-corrected chi connectivity index (χ0v) is 10.7. The molecule has 0 amide bonds. The van der Waals surface area contributed by atoms with E-state index in [-0.39, 0.29) is 25.4 Å². The smallest absolute Gasteiger partial charge is 0.248 e. The van der Waals surface area contributed by atoms with Crippen LogP contribution in [0.3, 0.4) is 0 Å². The van der Waals surface area contributed by atoms with Gasteiger partial charge in [-0.05, 0) is 29.2 Å². The molecule has 0 aliphatic heterocycles. The van der Waals surface area contributed by atoms with Crippen LogP contribution in [-0.4, -0.2) is 43.6 Å². The van der Waals surface area contributed by atoms with E-state index in [1.165, 1.54) is 16.4 Å². The second-order valence-electron chi connectivity index (χ2n) is 4.54. The van der Waals surface area contributed by atoms with E-state index >= 15 is 0 Å². The highest BCUT2D eigenvalue weighted by Gasteiger charge is 2.36. The Morgan fingerprint density at radius 1 is 1.50 bits per heavy atom. The molecule has 1 heterocycles. The minimum absolute atomic E-state index is 0.0103. The van der Waals surface area contributed by atoms with Gasteiger partial charge in [0.25, 0.3) is 0 Å². The molecule has 0 saturated heterocycles. The summed E-state index contributed by atoms with van der Waals surface area (Å²) >= 11 is 1.38. The molecule has 1 saturated carbocycles. The number of aromatic nitrogens is 4. The molecule has 1 aromatic rings. The van der Waals surface area contributed by atoms with Crippen molar-refractivity contribution in [1.29, 1.82) is 0 Å². The monoisotopic (exact) mass is 278 g/mol. The summed E-state index contributed by atoms with van der Waals surface area (Å²) in [5.41, 5.74) is 0. The first-order chi connectivity index (χ1) is 8.61. The van der Waals surface area contributed by atoms with Crippen LogP contribution in [0.25, 0.3) is 0 Å². The van der Waals surface area contributed by atoms with E-state index in [2.05, 4.69) is 15.5 Å². The molecule has 18 heavy (non-hydrogen) atoms. The van der Waals surface area contributed by atoms with E-state index < -0.39 is 5.92 Å². The van der Waals surface area contributed by atoms with Crippen LogP contribution in [-0.2, 0) is 6.54 Å². The summed E-state index contributed by atoms with van der Waals surface area (Å²) in [5, 5.41) is 20.5. The number of hydrogen-bond acceptors (Lipinski definition) is 5. The van der Waals surface area contributed by atoms with Crippen molar-refractivity contribution in [2.75, 3.05) is 12.4 Å². The number of thioether (sulfide) groups is 1. The van der Waals surface area contributed by atoms with Crippen molar-refractivity contribution in [1.82, 2.24) is 20.2 Å². The van der Waals surface area contributed by atoms with E-state index in [0.717, 1.165) is 6.42 Å². The van der Waals surface area contributed by atoms with Crippen molar-refractivity contribution < 1.29 is 13.9 Å². The van der Waals surface area contributed by atoms with E-state index in [1.807, 2.05) is 0 Å². The molecule has 8 heteroatoms. The van der Waals surface area contributed by atoms with Crippen LogP contribution in [0.15, 0.2) is 5.16 Å². The van der Waals surface area contributed by atoms with Crippen LogP contribution in [0.5, 0.6) is 0 Å². The standard InChI is InChI=1S/C10H16F2N4OS/c11-10(12)3-1-2-8(6-10)7-18-9-13-14-15-16(9)4-5-17/h8,17H,1-7H2. The maximum Gasteiger partial charge on any atom is 0.248 e. The van der Waals surface area contributed by atoms with Gasteiger partial charge in [0.05, 0.1) is 13.2 Å². The van der Waals surface area contributed by atoms with Gasteiger partial charge in [0.15, 0.2) is 0 Å². The molecule has 2 rings (SSSR count). The van der Waals surface area contributed by atoms with Gasteiger partial charge in [-0.15, -0.1) is 5.10 Å². The predicted octanol–water partition coefficient (Wildman–Crippen LogP) is 1.58. The van der Waals surface area contributed by atoms with Gasteiger partial charge in [-0.2, -0.15) is 0 Å². The second-order valence-corrected chi connectivity index (χ2v) is 5.52. The molecule has 1 fully saturated rings. The van der Waals surface area contributed by atoms with Gasteiger partial charge >= 0.3 is 0 Å². The summed E-state index contributed by atoms with van der Waals surface area (Å²) in [6.07, 6.45) is 1.39. The molecule has 0 radical (unpaired) electrons. The van der Waals surface area contributed by atoms with Crippen LogP contribution in [0, 0.1) is 5.92 Å². The zero-order chi connectivity index (χ0) is 13.0. The molecule has 0 spiro atoms. The van der Waals surface area contributed by atoms with Crippen molar-refractivity contribution in [3.63, 3.8) is 0 Å². The summed E-state index contributed by atoms with van der Waals surface area (Å²) in [6, 6.07) is 0. The van der Waals surface area contributed by atoms with Gasteiger partial charge < -0.3 is 5.11 Å². The summed E-state index contributed by atoms with van der Waals surface area (Å²) in [4.78, 5) is 0. The highest BCUT2D eigenvalue weighted by Crippen LogP contribution is 2.38. The number of hydrogen-bond donors (Lipinski definition) is 1. The normalized spacial score (nSPS) is 23.2. The maximum absolute atomic E-state index is 13.2. The third-order valence-corrected chi connectivity index (χ3v) is 4.19. The Kier molecular flexibility index (Phi) is 4.50. The quantitative estimate of drug-likeness (QED) is 0.829. The number of alkyl halides is 2. The maximum atomic E-state index is 13.2. The number of aliphatic hydroxyl groups is 1. The third-order valence-electron chi connectivity index (χ3n) is 3.00. The molecule has 102 valence electrons.